The van der Waals surface area contributed by atoms with Crippen LogP contribution in [-0.4, -0.2) is 48.5 Å². The Balaban J connectivity index is 1.42. The zero-order chi connectivity index (χ0) is 24.1. The Bertz CT molecular complexity index is 742. The third-order valence-corrected chi connectivity index (χ3v) is 11.8. The van der Waals surface area contributed by atoms with Crippen molar-refractivity contribution >= 4 is 0 Å². The first kappa shape index (κ1) is 25.3. The second kappa shape index (κ2) is 9.82. The van der Waals surface area contributed by atoms with Crippen LogP contribution >= 0.6 is 0 Å². The zero-order valence-corrected chi connectivity index (χ0v) is 22.9. The van der Waals surface area contributed by atoms with Gasteiger partial charge in [-0.25, -0.2) is 0 Å². The van der Waals surface area contributed by atoms with Crippen molar-refractivity contribution in [3.8, 4) is 0 Å². The van der Waals surface area contributed by atoms with Crippen LogP contribution in [-0.2, 0) is 4.74 Å². The van der Waals surface area contributed by atoms with Crippen LogP contribution < -0.4 is 0 Å². The summed E-state index contributed by atoms with van der Waals surface area (Å²) in [4.78, 5) is 2.86. The van der Waals surface area contributed by atoms with Crippen LogP contribution in [0.3, 0.4) is 0 Å². The molecule has 3 nitrogen and oxygen atoms in total. The van der Waals surface area contributed by atoms with Crippen molar-refractivity contribution in [1.82, 2.24) is 4.90 Å². The van der Waals surface area contributed by atoms with Gasteiger partial charge in [0, 0.05) is 19.1 Å². The van der Waals surface area contributed by atoms with Crippen molar-refractivity contribution < 1.29 is 9.84 Å². The van der Waals surface area contributed by atoms with E-state index in [4.69, 9.17) is 4.74 Å². The summed E-state index contributed by atoms with van der Waals surface area (Å²) in [5.74, 6) is 5.00. The van der Waals surface area contributed by atoms with Gasteiger partial charge in [0.05, 0.1) is 19.3 Å². The summed E-state index contributed by atoms with van der Waals surface area (Å²) >= 11 is 0. The third-order valence-electron chi connectivity index (χ3n) is 11.8. The van der Waals surface area contributed by atoms with Crippen molar-refractivity contribution in [2.45, 2.75) is 111 Å². The SMILES string of the molecule is CC(C)CCC[C@@H](C)[C@H]1C(N2CCOCC2)C[C@H]2[C@@H]3CC=C4C[C@@H](O)CC[C@]4(C)[C@H]3CC[C@]12C. The van der Waals surface area contributed by atoms with Crippen LogP contribution in [0.5, 0.6) is 0 Å². The predicted octanol–water partition coefficient (Wildman–Crippen LogP) is 6.70. The van der Waals surface area contributed by atoms with Crippen molar-refractivity contribution in [3.63, 3.8) is 0 Å². The van der Waals surface area contributed by atoms with E-state index in [1.807, 2.05) is 0 Å². The Morgan fingerprint density at radius 1 is 1.06 bits per heavy atom. The number of morpholine rings is 1. The molecule has 1 heterocycles. The molecule has 0 aromatic heterocycles. The van der Waals surface area contributed by atoms with Gasteiger partial charge in [0.15, 0.2) is 0 Å². The van der Waals surface area contributed by atoms with E-state index in [0.29, 0.717) is 10.8 Å². The van der Waals surface area contributed by atoms with Gasteiger partial charge in [0.1, 0.15) is 0 Å². The second-order valence-corrected chi connectivity index (χ2v) is 14.0. The maximum Gasteiger partial charge on any atom is 0.0594 e. The number of aliphatic hydroxyl groups excluding tert-OH is 1. The largest absolute Gasteiger partial charge is 0.393 e. The number of fused-ring (bicyclic) bond motifs is 5. The fraction of sp³-hybridized carbons (Fsp3) is 0.935. The molecular formula is C31H53NO2. The number of aliphatic hydroxyl groups is 1. The molecule has 0 amide bonds. The molecule has 0 radical (unpaired) electrons. The first-order chi connectivity index (χ1) is 16.2. The summed E-state index contributed by atoms with van der Waals surface area (Å²) in [7, 11) is 0. The van der Waals surface area contributed by atoms with Gasteiger partial charge in [-0.2, -0.15) is 0 Å². The summed E-state index contributed by atoms with van der Waals surface area (Å²) in [6.45, 7) is 16.8. The Kier molecular flexibility index (Phi) is 7.30. The van der Waals surface area contributed by atoms with Gasteiger partial charge < -0.3 is 9.84 Å². The van der Waals surface area contributed by atoms with Gasteiger partial charge in [0.25, 0.3) is 0 Å². The van der Waals surface area contributed by atoms with Gasteiger partial charge in [-0.1, -0.05) is 65.5 Å². The standard InChI is InChI=1S/C31H53NO2/c1-21(2)7-6-8-22(3)29-28(32-15-17-34-18-16-32)20-27-25-10-9-23-19-24(33)11-13-30(23,4)26(25)12-14-31(27,29)5/h9,21-22,24-29,33H,6-8,10-20H2,1-5H3/t22-,24+,25-,26+,27+,28?,29+,30+,31+/m1/s1. The average molecular weight is 472 g/mol. The Morgan fingerprint density at radius 3 is 2.56 bits per heavy atom. The molecule has 1 unspecified atom stereocenters. The minimum atomic E-state index is -0.0991. The predicted molar refractivity (Wildman–Crippen MR) is 141 cm³/mol. The lowest BCUT2D eigenvalue weighted by Gasteiger charge is -2.58. The minimum Gasteiger partial charge on any atom is -0.393 e. The third kappa shape index (κ3) is 4.34. The number of ether oxygens (including phenoxy) is 1. The van der Waals surface area contributed by atoms with E-state index in [9.17, 15) is 5.11 Å². The molecule has 5 rings (SSSR count). The maximum atomic E-state index is 10.4. The summed E-state index contributed by atoms with van der Waals surface area (Å²) in [6, 6.07) is 0.748. The van der Waals surface area contributed by atoms with Crippen molar-refractivity contribution in [3.05, 3.63) is 11.6 Å². The first-order valence-electron chi connectivity index (χ1n) is 14.9. The van der Waals surface area contributed by atoms with E-state index >= 15 is 0 Å². The highest BCUT2D eigenvalue weighted by molar-refractivity contribution is 5.26. The fourth-order valence-electron chi connectivity index (χ4n) is 10.0. The highest BCUT2D eigenvalue weighted by atomic mass is 16.5. The topological polar surface area (TPSA) is 32.7 Å². The lowest BCUT2D eigenvalue weighted by molar-refractivity contribution is -0.0629. The van der Waals surface area contributed by atoms with Crippen LogP contribution in [0.15, 0.2) is 11.6 Å². The number of hydrogen-bond donors (Lipinski definition) is 1. The molecule has 1 saturated heterocycles. The molecule has 4 fully saturated rings. The second-order valence-electron chi connectivity index (χ2n) is 14.0. The van der Waals surface area contributed by atoms with E-state index in [1.54, 1.807) is 5.57 Å². The molecule has 1 aliphatic heterocycles. The van der Waals surface area contributed by atoms with Crippen molar-refractivity contribution in [1.29, 1.82) is 0 Å². The lowest BCUT2D eigenvalue weighted by atomic mass is 9.47. The van der Waals surface area contributed by atoms with Crippen molar-refractivity contribution in [2.75, 3.05) is 26.3 Å². The molecule has 0 bridgehead atoms. The Labute approximate surface area is 210 Å². The van der Waals surface area contributed by atoms with Crippen molar-refractivity contribution in [2.24, 2.45) is 46.3 Å². The molecule has 3 heteroatoms. The van der Waals surface area contributed by atoms with E-state index < -0.39 is 0 Å². The normalized spacial score (nSPS) is 45.9. The minimum absolute atomic E-state index is 0.0991. The number of nitrogens with zero attached hydrogens (tertiary/aromatic N) is 1. The Hall–Kier alpha value is -0.380. The van der Waals surface area contributed by atoms with Crippen LogP contribution in [0, 0.1) is 46.3 Å². The van der Waals surface area contributed by atoms with Crippen LogP contribution in [0.2, 0.25) is 0 Å². The first-order valence-corrected chi connectivity index (χ1v) is 14.9. The highest BCUT2D eigenvalue weighted by Crippen LogP contribution is 2.68. The number of hydrogen-bond acceptors (Lipinski definition) is 3. The van der Waals surface area contributed by atoms with Gasteiger partial charge >= 0.3 is 0 Å². The Morgan fingerprint density at radius 2 is 1.82 bits per heavy atom. The molecule has 0 spiro atoms. The molecule has 1 N–H and O–H groups in total. The van der Waals surface area contributed by atoms with E-state index in [1.165, 1.54) is 51.4 Å². The monoisotopic (exact) mass is 471 g/mol. The van der Waals surface area contributed by atoms with Gasteiger partial charge in [-0.15, -0.1) is 0 Å². The molecule has 3 saturated carbocycles. The van der Waals surface area contributed by atoms with Crippen LogP contribution in [0.4, 0.5) is 0 Å². The fourth-order valence-corrected chi connectivity index (χ4v) is 10.0. The lowest BCUT2D eigenvalue weighted by Crippen LogP contribution is -2.52. The maximum absolute atomic E-state index is 10.4. The zero-order valence-electron chi connectivity index (χ0n) is 22.9. The molecular weight excluding hydrogens is 418 g/mol. The summed E-state index contributed by atoms with van der Waals surface area (Å²) in [5.41, 5.74) is 2.44. The quantitative estimate of drug-likeness (QED) is 0.438. The van der Waals surface area contributed by atoms with E-state index in [-0.39, 0.29) is 6.10 Å². The summed E-state index contributed by atoms with van der Waals surface area (Å²) < 4.78 is 5.79. The van der Waals surface area contributed by atoms with Gasteiger partial charge in [0.2, 0.25) is 0 Å². The molecule has 0 aromatic carbocycles. The summed E-state index contributed by atoms with van der Waals surface area (Å²) in [6.07, 6.45) is 15.3. The van der Waals surface area contributed by atoms with E-state index in [0.717, 1.165) is 80.7 Å². The van der Waals surface area contributed by atoms with E-state index in [2.05, 4.69) is 45.6 Å². The molecule has 0 aromatic rings. The molecule has 5 aliphatic rings. The molecule has 34 heavy (non-hydrogen) atoms. The average Bonchev–Trinajstić information content (AvgIpc) is 3.13. The smallest absolute Gasteiger partial charge is 0.0594 e. The highest BCUT2D eigenvalue weighted by Gasteiger charge is 2.62. The summed E-state index contributed by atoms with van der Waals surface area (Å²) in [5, 5.41) is 10.4. The number of rotatable bonds is 6. The molecule has 9 atom stereocenters. The van der Waals surface area contributed by atoms with Crippen LogP contribution in [0.25, 0.3) is 0 Å². The van der Waals surface area contributed by atoms with Crippen LogP contribution in [0.1, 0.15) is 98.8 Å². The molecule has 194 valence electrons. The van der Waals surface area contributed by atoms with Gasteiger partial charge in [-0.05, 0) is 91.3 Å². The van der Waals surface area contributed by atoms with Gasteiger partial charge in [-0.3, -0.25) is 4.90 Å². The number of allylic oxidation sites excluding steroid dienone is 1. The molecule has 4 aliphatic carbocycles.